The van der Waals surface area contributed by atoms with Gasteiger partial charge in [0.05, 0.1) is 0 Å². The summed E-state index contributed by atoms with van der Waals surface area (Å²) in [6.45, 7) is 0. The van der Waals surface area contributed by atoms with Crippen LogP contribution >= 0.6 is 0 Å². The van der Waals surface area contributed by atoms with Crippen molar-refractivity contribution in [2.24, 2.45) is 0 Å². The Labute approximate surface area is 84.1 Å². The number of ketones is 1. The third-order valence-corrected chi connectivity index (χ3v) is 3.82. The van der Waals surface area contributed by atoms with Crippen LogP contribution in [-0.2, 0) is 16.6 Å². The fourth-order valence-corrected chi connectivity index (χ4v) is 2.99. The molecule has 72 valence electrons. The van der Waals surface area contributed by atoms with Gasteiger partial charge in [-0.1, -0.05) is 30.7 Å². The normalized spacial score (nSPS) is 23.0. The lowest BCUT2D eigenvalue weighted by Gasteiger charge is -2.45. The van der Waals surface area contributed by atoms with Gasteiger partial charge in [0.25, 0.3) is 0 Å². The van der Waals surface area contributed by atoms with Crippen molar-refractivity contribution < 1.29 is 4.79 Å². The molecule has 1 aromatic rings. The summed E-state index contributed by atoms with van der Waals surface area (Å²) in [7, 11) is 0. The van der Waals surface area contributed by atoms with Crippen molar-refractivity contribution >= 4 is 5.78 Å². The molecule has 2 aliphatic rings. The summed E-state index contributed by atoms with van der Waals surface area (Å²) < 4.78 is 0. The Kier molecular flexibility index (Phi) is 1.58. The van der Waals surface area contributed by atoms with Crippen molar-refractivity contribution in [2.75, 3.05) is 0 Å². The molecule has 2 aliphatic carbocycles. The first kappa shape index (κ1) is 8.22. The first-order valence-corrected chi connectivity index (χ1v) is 5.40. The first-order valence-electron chi connectivity index (χ1n) is 5.40. The number of rotatable bonds is 0. The lowest BCUT2D eigenvalue weighted by atomic mass is 9.58. The van der Waals surface area contributed by atoms with Gasteiger partial charge in [0.1, 0.15) is 5.78 Å². The quantitative estimate of drug-likeness (QED) is 0.608. The van der Waals surface area contributed by atoms with Crippen LogP contribution in [0.1, 0.15) is 36.8 Å². The summed E-state index contributed by atoms with van der Waals surface area (Å²) in [5.74, 6) is 0.434. The van der Waals surface area contributed by atoms with Crippen molar-refractivity contribution in [3.63, 3.8) is 0 Å². The van der Waals surface area contributed by atoms with E-state index < -0.39 is 0 Å². The number of carbonyl (C=O) groups is 1. The molecule has 14 heavy (non-hydrogen) atoms. The van der Waals surface area contributed by atoms with Gasteiger partial charge in [0.2, 0.25) is 0 Å². The Morgan fingerprint density at radius 1 is 1.14 bits per heavy atom. The van der Waals surface area contributed by atoms with E-state index in [1.165, 1.54) is 30.4 Å². The largest absolute Gasteiger partial charge is 0.299 e. The van der Waals surface area contributed by atoms with E-state index >= 15 is 0 Å². The molecular weight excluding hydrogens is 172 g/mol. The summed E-state index contributed by atoms with van der Waals surface area (Å²) in [4.78, 5) is 11.6. The number of carbonyl (C=O) groups excluding carboxylic acids is 1. The topological polar surface area (TPSA) is 17.1 Å². The maximum atomic E-state index is 11.6. The molecule has 0 aliphatic heterocycles. The number of hydrogen-bond acceptors (Lipinski definition) is 1. The fourth-order valence-electron chi connectivity index (χ4n) is 2.99. The van der Waals surface area contributed by atoms with Gasteiger partial charge >= 0.3 is 0 Å². The van der Waals surface area contributed by atoms with Crippen LogP contribution in [0.25, 0.3) is 0 Å². The zero-order valence-electron chi connectivity index (χ0n) is 8.25. The Morgan fingerprint density at radius 3 is 2.64 bits per heavy atom. The van der Waals surface area contributed by atoms with Gasteiger partial charge in [-0.15, -0.1) is 0 Å². The Bertz CT molecular complexity index is 388. The van der Waals surface area contributed by atoms with Crippen LogP contribution in [0.4, 0.5) is 0 Å². The van der Waals surface area contributed by atoms with Gasteiger partial charge in [0, 0.05) is 18.3 Å². The summed E-state index contributed by atoms with van der Waals surface area (Å²) >= 11 is 0. The Morgan fingerprint density at radius 2 is 1.93 bits per heavy atom. The minimum absolute atomic E-state index is 0.256. The molecule has 3 rings (SSSR count). The molecule has 1 heteroatoms. The van der Waals surface area contributed by atoms with Gasteiger partial charge in [-0.3, -0.25) is 4.79 Å². The maximum Gasteiger partial charge on any atom is 0.138 e. The highest BCUT2D eigenvalue weighted by atomic mass is 16.1. The maximum absolute atomic E-state index is 11.6. The number of benzene rings is 1. The molecule has 1 spiro atoms. The second-order valence-corrected chi connectivity index (χ2v) is 4.68. The molecule has 1 aromatic carbocycles. The molecule has 0 bridgehead atoms. The van der Waals surface area contributed by atoms with Crippen LogP contribution in [-0.4, -0.2) is 5.78 Å². The van der Waals surface area contributed by atoms with Crippen molar-refractivity contribution in [2.45, 2.75) is 37.5 Å². The van der Waals surface area contributed by atoms with E-state index in [1.807, 2.05) is 6.07 Å². The number of fused-ring (bicyclic) bond motifs is 2. The average Bonchev–Trinajstić information content (AvgIpc) is 2.14. The smallest absolute Gasteiger partial charge is 0.138 e. The molecule has 1 nitrogen and oxygen atoms in total. The van der Waals surface area contributed by atoms with E-state index in [-0.39, 0.29) is 5.41 Å². The lowest BCUT2D eigenvalue weighted by molar-refractivity contribution is -0.121. The lowest BCUT2D eigenvalue weighted by Crippen LogP contribution is -2.41. The van der Waals surface area contributed by atoms with Gasteiger partial charge in [-0.2, -0.15) is 0 Å². The first-order chi connectivity index (χ1) is 6.80. The number of hydrogen-bond donors (Lipinski definition) is 0. The van der Waals surface area contributed by atoms with Crippen LogP contribution in [0.15, 0.2) is 24.3 Å². The number of Topliss-reactive ketones (excluding diaryl/α,β-unsaturated/α-hetero) is 1. The van der Waals surface area contributed by atoms with Crippen molar-refractivity contribution in [1.82, 2.24) is 0 Å². The Balaban J connectivity index is 2.14. The monoisotopic (exact) mass is 186 g/mol. The molecule has 1 fully saturated rings. The zero-order valence-corrected chi connectivity index (χ0v) is 8.25. The molecule has 0 unspecified atom stereocenters. The Hall–Kier alpha value is -1.11. The van der Waals surface area contributed by atoms with Gasteiger partial charge in [-0.05, 0) is 24.0 Å². The predicted octanol–water partition coefficient (Wildman–Crippen LogP) is 2.62. The predicted molar refractivity (Wildman–Crippen MR) is 55.3 cm³/mol. The summed E-state index contributed by atoms with van der Waals surface area (Å²) in [5.41, 5.74) is 3.00. The molecular formula is C13H14O. The van der Waals surface area contributed by atoms with E-state index in [4.69, 9.17) is 0 Å². The van der Waals surface area contributed by atoms with Crippen LogP contribution in [0, 0.1) is 0 Å². The van der Waals surface area contributed by atoms with E-state index in [9.17, 15) is 4.79 Å². The van der Waals surface area contributed by atoms with Crippen molar-refractivity contribution in [3.8, 4) is 0 Å². The SMILES string of the molecule is O=C1Cc2ccccc2C2(CCC2)C1. The van der Waals surface area contributed by atoms with Crippen LogP contribution in [0.5, 0.6) is 0 Å². The standard InChI is InChI=1S/C13H14O/c14-11-8-10-4-1-2-5-12(10)13(9-11)6-3-7-13/h1-2,4-5H,3,6-9H2. The van der Waals surface area contributed by atoms with Gasteiger partial charge in [-0.25, -0.2) is 0 Å². The fraction of sp³-hybridized carbons (Fsp3) is 0.462. The highest BCUT2D eigenvalue weighted by Crippen LogP contribution is 2.50. The van der Waals surface area contributed by atoms with Crippen LogP contribution < -0.4 is 0 Å². The molecule has 0 saturated heterocycles. The van der Waals surface area contributed by atoms with Gasteiger partial charge < -0.3 is 0 Å². The van der Waals surface area contributed by atoms with E-state index in [0.717, 1.165) is 6.42 Å². The third-order valence-electron chi connectivity index (χ3n) is 3.82. The van der Waals surface area contributed by atoms with Crippen LogP contribution in [0.3, 0.4) is 0 Å². The minimum atomic E-state index is 0.256. The summed E-state index contributed by atoms with van der Waals surface area (Å²) in [5, 5.41) is 0. The second kappa shape index (κ2) is 2.69. The summed E-state index contributed by atoms with van der Waals surface area (Å²) in [6, 6.07) is 8.49. The van der Waals surface area contributed by atoms with E-state index in [0.29, 0.717) is 12.2 Å². The van der Waals surface area contributed by atoms with Crippen LogP contribution in [0.2, 0.25) is 0 Å². The molecule has 0 radical (unpaired) electrons. The van der Waals surface area contributed by atoms with Crippen molar-refractivity contribution in [1.29, 1.82) is 0 Å². The van der Waals surface area contributed by atoms with E-state index in [2.05, 4.69) is 18.2 Å². The molecule has 0 aromatic heterocycles. The molecule has 0 heterocycles. The average molecular weight is 186 g/mol. The van der Waals surface area contributed by atoms with Gasteiger partial charge in [0.15, 0.2) is 0 Å². The van der Waals surface area contributed by atoms with Crippen molar-refractivity contribution in [3.05, 3.63) is 35.4 Å². The molecule has 1 saturated carbocycles. The highest BCUT2D eigenvalue weighted by Gasteiger charge is 2.43. The molecule has 0 N–H and O–H groups in total. The third kappa shape index (κ3) is 0.985. The second-order valence-electron chi connectivity index (χ2n) is 4.68. The highest BCUT2D eigenvalue weighted by molar-refractivity contribution is 5.85. The molecule has 0 atom stereocenters. The molecule has 0 amide bonds. The minimum Gasteiger partial charge on any atom is -0.299 e. The zero-order chi connectivity index (χ0) is 9.60. The summed E-state index contributed by atoms with van der Waals surface area (Å²) in [6.07, 6.45) is 5.19. The van der Waals surface area contributed by atoms with E-state index in [1.54, 1.807) is 0 Å².